The van der Waals surface area contributed by atoms with Gasteiger partial charge in [-0.1, -0.05) is 36.4 Å². The maximum atomic E-state index is 12.6. The van der Waals surface area contributed by atoms with Gasteiger partial charge in [0.25, 0.3) is 5.91 Å². The molecule has 1 aliphatic heterocycles. The van der Waals surface area contributed by atoms with Crippen molar-refractivity contribution in [1.82, 2.24) is 4.90 Å². The van der Waals surface area contributed by atoms with Crippen LogP contribution in [-0.2, 0) is 14.6 Å². The van der Waals surface area contributed by atoms with Gasteiger partial charge in [-0.25, -0.2) is 8.42 Å². The molecule has 0 unspecified atom stereocenters. The van der Waals surface area contributed by atoms with E-state index in [4.69, 9.17) is 4.74 Å². The summed E-state index contributed by atoms with van der Waals surface area (Å²) in [4.78, 5) is 14.3. The molecule has 0 aliphatic carbocycles. The highest BCUT2D eigenvalue weighted by Gasteiger charge is 2.32. The van der Waals surface area contributed by atoms with Crippen LogP contribution in [0.1, 0.15) is 12.8 Å². The fourth-order valence-corrected chi connectivity index (χ4v) is 4.72. The maximum absolute atomic E-state index is 12.6. The fourth-order valence-electron chi connectivity index (χ4n) is 2.97. The SMILES string of the molecule is O=C(COc1ccccc1)N1CCC(S(=O)(=O)c2ccccc2)CC1. The van der Waals surface area contributed by atoms with Gasteiger partial charge in [0.2, 0.25) is 0 Å². The zero-order valence-electron chi connectivity index (χ0n) is 13.9. The van der Waals surface area contributed by atoms with Crippen molar-refractivity contribution in [2.75, 3.05) is 19.7 Å². The second-order valence-corrected chi connectivity index (χ2v) is 8.27. The van der Waals surface area contributed by atoms with Crippen molar-refractivity contribution in [2.45, 2.75) is 23.0 Å². The molecule has 2 aromatic rings. The molecule has 0 bridgehead atoms. The normalized spacial score (nSPS) is 15.8. The summed E-state index contributed by atoms with van der Waals surface area (Å²) in [6.45, 7) is 0.849. The summed E-state index contributed by atoms with van der Waals surface area (Å²) in [6, 6.07) is 17.7. The second-order valence-electron chi connectivity index (χ2n) is 6.04. The first kappa shape index (κ1) is 17.5. The minimum Gasteiger partial charge on any atom is -0.484 e. The van der Waals surface area contributed by atoms with Gasteiger partial charge in [-0.3, -0.25) is 4.79 Å². The third kappa shape index (κ3) is 4.20. The average molecular weight is 359 g/mol. The lowest BCUT2D eigenvalue weighted by molar-refractivity contribution is -0.134. The van der Waals surface area contributed by atoms with Gasteiger partial charge in [0.05, 0.1) is 10.1 Å². The minimum absolute atomic E-state index is 0.0277. The summed E-state index contributed by atoms with van der Waals surface area (Å²) in [5, 5.41) is -0.436. The third-order valence-electron chi connectivity index (χ3n) is 4.41. The van der Waals surface area contributed by atoms with Gasteiger partial charge in [0, 0.05) is 13.1 Å². The highest BCUT2D eigenvalue weighted by molar-refractivity contribution is 7.92. The smallest absolute Gasteiger partial charge is 0.260 e. The Morgan fingerprint density at radius 2 is 1.52 bits per heavy atom. The predicted octanol–water partition coefficient (Wildman–Crippen LogP) is 2.53. The van der Waals surface area contributed by atoms with Crippen LogP contribution in [0, 0.1) is 0 Å². The van der Waals surface area contributed by atoms with E-state index in [2.05, 4.69) is 0 Å². The molecule has 1 amide bonds. The van der Waals surface area contributed by atoms with Crippen LogP contribution < -0.4 is 4.74 Å². The van der Waals surface area contributed by atoms with Crippen molar-refractivity contribution in [1.29, 1.82) is 0 Å². The number of ether oxygens (including phenoxy) is 1. The van der Waals surface area contributed by atoms with Crippen LogP contribution in [0.15, 0.2) is 65.6 Å². The standard InChI is InChI=1S/C19H21NO4S/c21-19(15-24-16-7-3-1-4-8-16)20-13-11-18(12-14-20)25(22,23)17-9-5-2-6-10-17/h1-10,18H,11-15H2. The van der Waals surface area contributed by atoms with Gasteiger partial charge in [-0.05, 0) is 37.1 Å². The quantitative estimate of drug-likeness (QED) is 0.823. The summed E-state index contributed by atoms with van der Waals surface area (Å²) in [7, 11) is -3.34. The van der Waals surface area contributed by atoms with Crippen molar-refractivity contribution in [3.63, 3.8) is 0 Å². The number of amides is 1. The van der Waals surface area contributed by atoms with Gasteiger partial charge in [-0.2, -0.15) is 0 Å². The van der Waals surface area contributed by atoms with E-state index in [-0.39, 0.29) is 12.5 Å². The largest absolute Gasteiger partial charge is 0.484 e. The van der Waals surface area contributed by atoms with Crippen LogP contribution in [0.25, 0.3) is 0 Å². The zero-order chi connectivity index (χ0) is 17.7. The molecule has 0 N–H and O–H groups in total. The molecule has 1 saturated heterocycles. The Morgan fingerprint density at radius 3 is 2.12 bits per heavy atom. The van der Waals surface area contributed by atoms with Crippen LogP contribution in [0.2, 0.25) is 0 Å². The Hall–Kier alpha value is -2.34. The molecular weight excluding hydrogens is 338 g/mol. The van der Waals surface area contributed by atoms with Gasteiger partial charge in [0.1, 0.15) is 5.75 Å². The van der Waals surface area contributed by atoms with Gasteiger partial charge in [-0.15, -0.1) is 0 Å². The van der Waals surface area contributed by atoms with Crippen LogP contribution in [0.5, 0.6) is 5.75 Å². The molecule has 132 valence electrons. The Balaban J connectivity index is 1.54. The summed E-state index contributed by atoms with van der Waals surface area (Å²) in [5.74, 6) is 0.539. The van der Waals surface area contributed by atoms with E-state index < -0.39 is 15.1 Å². The average Bonchev–Trinajstić information content (AvgIpc) is 2.68. The number of piperidine rings is 1. The first-order valence-corrected chi connectivity index (χ1v) is 9.86. The number of benzene rings is 2. The Morgan fingerprint density at radius 1 is 0.960 bits per heavy atom. The molecule has 1 heterocycles. The third-order valence-corrected chi connectivity index (χ3v) is 6.69. The molecule has 2 aromatic carbocycles. The Labute approximate surface area is 148 Å². The van der Waals surface area contributed by atoms with E-state index >= 15 is 0 Å². The molecule has 0 aromatic heterocycles. The van der Waals surface area contributed by atoms with E-state index in [1.807, 2.05) is 18.2 Å². The van der Waals surface area contributed by atoms with Crippen molar-refractivity contribution in [3.8, 4) is 5.75 Å². The maximum Gasteiger partial charge on any atom is 0.260 e. The monoisotopic (exact) mass is 359 g/mol. The number of carbonyl (C=O) groups is 1. The molecular formula is C19H21NO4S. The number of sulfone groups is 1. The van der Waals surface area contributed by atoms with E-state index in [1.54, 1.807) is 47.4 Å². The molecule has 5 nitrogen and oxygen atoms in total. The fraction of sp³-hybridized carbons (Fsp3) is 0.316. The molecule has 1 aliphatic rings. The Bertz CT molecular complexity index is 798. The number of hydrogen-bond donors (Lipinski definition) is 0. The first-order chi connectivity index (χ1) is 12.1. The van der Waals surface area contributed by atoms with Crippen molar-refractivity contribution >= 4 is 15.7 Å². The number of likely N-dealkylation sites (tertiary alicyclic amines) is 1. The number of rotatable bonds is 5. The highest BCUT2D eigenvalue weighted by Crippen LogP contribution is 2.24. The van der Waals surface area contributed by atoms with E-state index in [0.29, 0.717) is 36.6 Å². The second kappa shape index (κ2) is 7.70. The lowest BCUT2D eigenvalue weighted by Crippen LogP contribution is -2.44. The lowest BCUT2D eigenvalue weighted by Gasteiger charge is -2.31. The van der Waals surface area contributed by atoms with Crippen LogP contribution in [-0.4, -0.2) is 44.2 Å². The highest BCUT2D eigenvalue weighted by atomic mass is 32.2. The van der Waals surface area contributed by atoms with Gasteiger partial charge in [0.15, 0.2) is 16.4 Å². The van der Waals surface area contributed by atoms with Crippen LogP contribution in [0.4, 0.5) is 0 Å². The number of hydrogen-bond acceptors (Lipinski definition) is 4. The molecule has 1 fully saturated rings. The molecule has 3 rings (SSSR count). The van der Waals surface area contributed by atoms with Crippen LogP contribution >= 0.6 is 0 Å². The molecule has 6 heteroatoms. The molecule has 0 atom stereocenters. The Kier molecular flexibility index (Phi) is 5.38. The van der Waals surface area contributed by atoms with Gasteiger partial charge >= 0.3 is 0 Å². The molecule has 25 heavy (non-hydrogen) atoms. The summed E-state index contributed by atoms with van der Waals surface area (Å²) in [5.41, 5.74) is 0. The first-order valence-electron chi connectivity index (χ1n) is 8.32. The zero-order valence-corrected chi connectivity index (χ0v) is 14.7. The summed E-state index contributed by atoms with van der Waals surface area (Å²) >= 11 is 0. The van der Waals surface area contributed by atoms with Crippen LogP contribution in [0.3, 0.4) is 0 Å². The molecule has 0 spiro atoms. The molecule has 0 saturated carbocycles. The summed E-state index contributed by atoms with van der Waals surface area (Å²) < 4.78 is 30.8. The van der Waals surface area contributed by atoms with Crippen molar-refractivity contribution in [2.24, 2.45) is 0 Å². The van der Waals surface area contributed by atoms with E-state index in [0.717, 1.165) is 0 Å². The number of nitrogens with zero attached hydrogens (tertiary/aromatic N) is 1. The molecule has 0 radical (unpaired) electrons. The predicted molar refractivity (Wildman–Crippen MR) is 95.2 cm³/mol. The van der Waals surface area contributed by atoms with Gasteiger partial charge < -0.3 is 9.64 Å². The van der Waals surface area contributed by atoms with E-state index in [9.17, 15) is 13.2 Å². The van der Waals surface area contributed by atoms with Crippen molar-refractivity contribution in [3.05, 3.63) is 60.7 Å². The van der Waals surface area contributed by atoms with Crippen molar-refractivity contribution < 1.29 is 17.9 Å². The number of carbonyl (C=O) groups excluding carboxylic acids is 1. The number of para-hydroxylation sites is 1. The topological polar surface area (TPSA) is 63.7 Å². The summed E-state index contributed by atoms with van der Waals surface area (Å²) in [6.07, 6.45) is 0.905. The lowest BCUT2D eigenvalue weighted by atomic mass is 10.1. The minimum atomic E-state index is -3.34. The van der Waals surface area contributed by atoms with E-state index in [1.165, 1.54) is 0 Å².